The lowest BCUT2D eigenvalue weighted by molar-refractivity contribution is -0.143. The average molecular weight is 1250 g/mol. The largest absolute Gasteiger partial charge is 0.466 e. The van der Waals surface area contributed by atoms with E-state index in [-0.39, 0.29) is 18.5 Å². The SMILES string of the molecule is CCCCCCCC/C=C\CCCCCCCCCC(=O)OCCCCCCCCCCCCCCC/C=C\C/C=C\CCCCCCCCCCCCCCCCCCCC(=O)NC(CO)C(O)/C=C/CCCCCCCCCCCCCCCCCC. The van der Waals surface area contributed by atoms with Crippen LogP contribution in [0.3, 0.4) is 0 Å². The lowest BCUT2D eigenvalue weighted by atomic mass is 10.0. The summed E-state index contributed by atoms with van der Waals surface area (Å²) in [5.41, 5.74) is 0. The minimum Gasteiger partial charge on any atom is -0.466 e. The molecule has 0 aromatic rings. The smallest absolute Gasteiger partial charge is 0.305 e. The number of aliphatic hydroxyl groups is 2. The van der Waals surface area contributed by atoms with Crippen LogP contribution >= 0.6 is 0 Å². The molecule has 6 heteroatoms. The molecular weight excluding hydrogens is 1090 g/mol. The molecule has 0 rings (SSSR count). The lowest BCUT2D eigenvalue weighted by Crippen LogP contribution is -2.45. The summed E-state index contributed by atoms with van der Waals surface area (Å²) in [6.07, 6.45) is 104. The van der Waals surface area contributed by atoms with Crippen molar-refractivity contribution in [3.05, 3.63) is 48.6 Å². The number of carbonyl (C=O) groups excluding carboxylic acids is 2. The van der Waals surface area contributed by atoms with Gasteiger partial charge in [0.05, 0.1) is 25.4 Å². The topological polar surface area (TPSA) is 95.9 Å². The van der Waals surface area contributed by atoms with Crippen molar-refractivity contribution in [3.63, 3.8) is 0 Å². The second-order valence-corrected chi connectivity index (χ2v) is 27.7. The standard InChI is InChI=1S/C83H157NO5/c1-3-5-7-9-11-13-15-17-19-21-44-47-51-55-59-63-67-71-75-81(86)80(79-85)84-82(87)76-72-68-64-60-56-52-48-45-41-39-37-35-33-31-29-27-25-23-22-24-26-28-30-32-34-36-38-40-42-46-50-54-58-62-66-70-74-78-89-83(88)77-73-69-65-61-57-53-49-43-20-18-16-14-12-10-8-6-4-2/h18,20,22,24,28,30,71,75,80-81,85-86H,3-17,19,21,23,25-27,29,31-70,72-74,76-79H2,1-2H3,(H,84,87)/b20-18-,24-22-,30-28-,75-71+. The van der Waals surface area contributed by atoms with E-state index in [4.69, 9.17) is 4.74 Å². The third-order valence-corrected chi connectivity index (χ3v) is 18.8. The van der Waals surface area contributed by atoms with Gasteiger partial charge < -0.3 is 20.3 Å². The van der Waals surface area contributed by atoms with E-state index in [1.807, 2.05) is 6.08 Å². The van der Waals surface area contributed by atoms with Crippen molar-refractivity contribution >= 4 is 11.9 Å². The van der Waals surface area contributed by atoms with Crippen LogP contribution in [0, 0.1) is 0 Å². The summed E-state index contributed by atoms with van der Waals surface area (Å²) in [5.74, 6) is -0.0460. The molecule has 0 heterocycles. The van der Waals surface area contributed by atoms with Gasteiger partial charge in [0.2, 0.25) is 5.91 Å². The number of esters is 1. The maximum absolute atomic E-state index is 12.5. The van der Waals surface area contributed by atoms with Gasteiger partial charge in [-0.05, 0) is 89.9 Å². The molecule has 2 atom stereocenters. The highest BCUT2D eigenvalue weighted by molar-refractivity contribution is 5.76. The number of rotatable bonds is 76. The van der Waals surface area contributed by atoms with Crippen LogP contribution < -0.4 is 5.32 Å². The molecule has 6 nitrogen and oxygen atoms in total. The number of hydrogen-bond donors (Lipinski definition) is 3. The Bertz CT molecular complexity index is 1490. The Morgan fingerprint density at radius 1 is 0.315 bits per heavy atom. The van der Waals surface area contributed by atoms with Crippen LogP contribution in [-0.4, -0.2) is 47.4 Å². The average Bonchev–Trinajstić information content (AvgIpc) is 3.68. The van der Waals surface area contributed by atoms with Gasteiger partial charge in [-0.2, -0.15) is 0 Å². The summed E-state index contributed by atoms with van der Waals surface area (Å²) < 4.78 is 5.51. The van der Waals surface area contributed by atoms with E-state index in [9.17, 15) is 19.8 Å². The highest BCUT2D eigenvalue weighted by Crippen LogP contribution is 2.19. The fraction of sp³-hybridized carbons (Fsp3) is 0.880. The first kappa shape index (κ1) is 86.8. The molecule has 0 aliphatic heterocycles. The van der Waals surface area contributed by atoms with E-state index in [2.05, 4.69) is 55.6 Å². The third-order valence-electron chi connectivity index (χ3n) is 18.8. The first-order valence-corrected chi connectivity index (χ1v) is 40.4. The highest BCUT2D eigenvalue weighted by atomic mass is 16.5. The van der Waals surface area contributed by atoms with Gasteiger partial charge >= 0.3 is 5.97 Å². The van der Waals surface area contributed by atoms with Gasteiger partial charge in [-0.15, -0.1) is 0 Å². The number of allylic oxidation sites excluding steroid dienone is 7. The predicted octanol–water partition coefficient (Wildman–Crippen LogP) is 26.8. The molecule has 0 aromatic heterocycles. The van der Waals surface area contributed by atoms with Crippen molar-refractivity contribution < 1.29 is 24.5 Å². The van der Waals surface area contributed by atoms with Gasteiger partial charge in [0.15, 0.2) is 0 Å². The van der Waals surface area contributed by atoms with Crippen LogP contribution in [0.1, 0.15) is 444 Å². The Morgan fingerprint density at radius 2 is 0.562 bits per heavy atom. The van der Waals surface area contributed by atoms with E-state index >= 15 is 0 Å². The van der Waals surface area contributed by atoms with Crippen molar-refractivity contribution in [2.24, 2.45) is 0 Å². The molecule has 0 aromatic carbocycles. The summed E-state index contributed by atoms with van der Waals surface area (Å²) >= 11 is 0. The lowest BCUT2D eigenvalue weighted by Gasteiger charge is -2.20. The van der Waals surface area contributed by atoms with Crippen molar-refractivity contribution in [3.8, 4) is 0 Å². The number of nitrogens with one attached hydrogen (secondary N) is 1. The Kier molecular flexibility index (Phi) is 76.3. The van der Waals surface area contributed by atoms with Gasteiger partial charge in [-0.25, -0.2) is 0 Å². The summed E-state index contributed by atoms with van der Waals surface area (Å²) in [7, 11) is 0. The fourth-order valence-electron chi connectivity index (χ4n) is 12.7. The Labute approximate surface area is 556 Å². The number of aliphatic hydroxyl groups excluding tert-OH is 2. The second kappa shape index (κ2) is 78.3. The summed E-state index contributed by atoms with van der Waals surface area (Å²) in [5, 5.41) is 23.2. The Hall–Kier alpha value is -2.18. The molecule has 524 valence electrons. The molecule has 3 N–H and O–H groups in total. The molecule has 0 bridgehead atoms. The third kappa shape index (κ3) is 74.7. The van der Waals surface area contributed by atoms with Crippen molar-refractivity contribution in [2.45, 2.75) is 456 Å². The fourth-order valence-corrected chi connectivity index (χ4v) is 12.7. The van der Waals surface area contributed by atoms with Crippen LogP contribution in [0.4, 0.5) is 0 Å². The van der Waals surface area contributed by atoms with Crippen LogP contribution in [0.25, 0.3) is 0 Å². The zero-order chi connectivity index (χ0) is 64.2. The maximum Gasteiger partial charge on any atom is 0.305 e. The van der Waals surface area contributed by atoms with E-state index in [1.54, 1.807) is 6.08 Å². The molecular formula is C83H157NO5. The van der Waals surface area contributed by atoms with E-state index in [0.29, 0.717) is 19.4 Å². The molecule has 0 fully saturated rings. The normalized spacial score (nSPS) is 12.7. The monoisotopic (exact) mass is 1250 g/mol. The number of unbranched alkanes of at least 4 members (excludes halogenated alkanes) is 59. The minimum atomic E-state index is -0.844. The number of amides is 1. The molecule has 0 spiro atoms. The second-order valence-electron chi connectivity index (χ2n) is 27.7. The van der Waals surface area contributed by atoms with Crippen molar-refractivity contribution in [1.29, 1.82) is 0 Å². The van der Waals surface area contributed by atoms with Gasteiger partial charge in [-0.3, -0.25) is 9.59 Å². The first-order chi connectivity index (χ1) is 44.0. The van der Waals surface area contributed by atoms with Crippen LogP contribution in [-0.2, 0) is 14.3 Å². The van der Waals surface area contributed by atoms with Gasteiger partial charge in [-0.1, -0.05) is 390 Å². The minimum absolute atomic E-state index is 0.0157. The van der Waals surface area contributed by atoms with Crippen LogP contribution in [0.2, 0.25) is 0 Å². The Morgan fingerprint density at radius 3 is 0.865 bits per heavy atom. The molecule has 0 saturated heterocycles. The van der Waals surface area contributed by atoms with Crippen LogP contribution in [0.5, 0.6) is 0 Å². The highest BCUT2D eigenvalue weighted by Gasteiger charge is 2.18. The van der Waals surface area contributed by atoms with Gasteiger partial charge in [0, 0.05) is 12.8 Å². The number of carbonyl (C=O) groups is 2. The van der Waals surface area contributed by atoms with Crippen LogP contribution in [0.15, 0.2) is 48.6 Å². The van der Waals surface area contributed by atoms with E-state index in [1.165, 1.54) is 366 Å². The van der Waals surface area contributed by atoms with Crippen molar-refractivity contribution in [1.82, 2.24) is 5.32 Å². The molecule has 89 heavy (non-hydrogen) atoms. The van der Waals surface area contributed by atoms with E-state index in [0.717, 1.165) is 51.4 Å². The van der Waals surface area contributed by atoms with Gasteiger partial charge in [0.25, 0.3) is 0 Å². The molecule has 0 saturated carbocycles. The number of ether oxygens (including phenoxy) is 1. The Balaban J connectivity index is 3.37. The predicted molar refractivity (Wildman–Crippen MR) is 393 cm³/mol. The molecule has 0 radical (unpaired) electrons. The molecule has 0 aliphatic carbocycles. The number of hydrogen-bond acceptors (Lipinski definition) is 5. The molecule has 2 unspecified atom stereocenters. The summed E-state index contributed by atoms with van der Waals surface area (Å²) in [6.45, 7) is 4.94. The zero-order valence-electron chi connectivity index (χ0n) is 60.2. The van der Waals surface area contributed by atoms with E-state index < -0.39 is 12.1 Å². The van der Waals surface area contributed by atoms with Gasteiger partial charge in [0.1, 0.15) is 0 Å². The summed E-state index contributed by atoms with van der Waals surface area (Å²) in [4.78, 5) is 24.6. The van der Waals surface area contributed by atoms with Crippen molar-refractivity contribution in [2.75, 3.05) is 13.2 Å². The molecule has 1 amide bonds. The zero-order valence-corrected chi connectivity index (χ0v) is 60.2. The molecule has 0 aliphatic rings. The first-order valence-electron chi connectivity index (χ1n) is 40.4. The summed E-state index contributed by atoms with van der Waals surface area (Å²) in [6, 6.07) is -0.627. The quantitative estimate of drug-likeness (QED) is 0.0320. The maximum atomic E-state index is 12.5.